The summed E-state index contributed by atoms with van der Waals surface area (Å²) >= 11 is 1.99. The summed E-state index contributed by atoms with van der Waals surface area (Å²) in [7, 11) is 2.26. The normalized spacial score (nSPS) is 28.7. The van der Waals surface area contributed by atoms with E-state index in [1.807, 2.05) is 11.8 Å². The Morgan fingerprint density at radius 1 is 1.36 bits per heavy atom. The molecule has 3 heteroatoms. The van der Waals surface area contributed by atoms with E-state index in [1.54, 1.807) is 0 Å². The highest BCUT2D eigenvalue weighted by Gasteiger charge is 2.30. The summed E-state index contributed by atoms with van der Waals surface area (Å²) in [4.78, 5) is 2.52. The lowest BCUT2D eigenvalue weighted by Gasteiger charge is -2.33. The smallest absolute Gasteiger partial charge is 0.0348 e. The van der Waals surface area contributed by atoms with E-state index in [-0.39, 0.29) is 0 Å². The molecule has 0 saturated carbocycles. The molecule has 2 atom stereocenters. The summed E-state index contributed by atoms with van der Waals surface area (Å²) in [5, 5.41) is 4.24. The van der Waals surface area contributed by atoms with E-state index in [0.717, 1.165) is 11.8 Å². The molecule has 1 N–H and O–H groups in total. The molecule has 14 heavy (non-hydrogen) atoms. The predicted molar refractivity (Wildman–Crippen MR) is 66.0 cm³/mol. The average Bonchev–Trinajstić information content (AvgIpc) is 2.47. The molecular weight excluding hydrogens is 192 g/mol. The van der Waals surface area contributed by atoms with Crippen molar-refractivity contribution >= 4 is 11.8 Å². The van der Waals surface area contributed by atoms with E-state index in [4.69, 9.17) is 0 Å². The molecule has 0 aromatic carbocycles. The third kappa shape index (κ3) is 3.44. The van der Waals surface area contributed by atoms with Gasteiger partial charge in [-0.3, -0.25) is 0 Å². The van der Waals surface area contributed by atoms with Crippen molar-refractivity contribution in [1.82, 2.24) is 10.2 Å². The molecule has 2 unspecified atom stereocenters. The Kier molecular flexibility index (Phi) is 4.29. The van der Waals surface area contributed by atoms with Crippen molar-refractivity contribution in [3.63, 3.8) is 0 Å². The largest absolute Gasteiger partial charge is 0.314 e. The van der Waals surface area contributed by atoms with Gasteiger partial charge in [0.05, 0.1) is 0 Å². The SMILES string of the molecule is CSC1CNCC1N(C)CC(C)(C)C. The number of nitrogens with one attached hydrogen (secondary N) is 1. The number of hydrogen-bond donors (Lipinski definition) is 1. The van der Waals surface area contributed by atoms with Crippen LogP contribution in [0.25, 0.3) is 0 Å². The maximum Gasteiger partial charge on any atom is 0.0348 e. The van der Waals surface area contributed by atoms with Gasteiger partial charge in [-0.25, -0.2) is 0 Å². The van der Waals surface area contributed by atoms with Crippen molar-refractivity contribution in [2.24, 2.45) is 5.41 Å². The summed E-state index contributed by atoms with van der Waals surface area (Å²) in [5.74, 6) is 0. The van der Waals surface area contributed by atoms with Crippen LogP contribution in [0.5, 0.6) is 0 Å². The fourth-order valence-electron chi connectivity index (χ4n) is 2.19. The lowest BCUT2D eigenvalue weighted by atomic mass is 9.95. The minimum Gasteiger partial charge on any atom is -0.314 e. The fourth-order valence-corrected chi connectivity index (χ4v) is 3.09. The van der Waals surface area contributed by atoms with Gasteiger partial charge in [0.15, 0.2) is 0 Å². The van der Waals surface area contributed by atoms with E-state index in [9.17, 15) is 0 Å². The molecule has 1 heterocycles. The van der Waals surface area contributed by atoms with Gasteiger partial charge in [-0.2, -0.15) is 11.8 Å². The van der Waals surface area contributed by atoms with Crippen molar-refractivity contribution in [1.29, 1.82) is 0 Å². The van der Waals surface area contributed by atoms with Crippen LogP contribution >= 0.6 is 11.8 Å². The molecule has 1 fully saturated rings. The van der Waals surface area contributed by atoms with Crippen molar-refractivity contribution in [3.8, 4) is 0 Å². The molecule has 84 valence electrons. The van der Waals surface area contributed by atoms with Crippen LogP contribution < -0.4 is 5.32 Å². The third-order valence-electron chi connectivity index (χ3n) is 2.72. The molecule has 1 aliphatic rings. The molecule has 0 bridgehead atoms. The predicted octanol–water partition coefficient (Wildman–Crippen LogP) is 1.67. The highest BCUT2D eigenvalue weighted by Crippen LogP contribution is 2.22. The van der Waals surface area contributed by atoms with Gasteiger partial charge in [0.1, 0.15) is 0 Å². The van der Waals surface area contributed by atoms with Crippen LogP contribution in [0.3, 0.4) is 0 Å². The van der Waals surface area contributed by atoms with E-state index in [2.05, 4.69) is 44.3 Å². The van der Waals surface area contributed by atoms with Crippen LogP contribution in [0.2, 0.25) is 0 Å². The van der Waals surface area contributed by atoms with Gasteiger partial charge in [-0.15, -0.1) is 0 Å². The molecule has 1 aliphatic heterocycles. The average molecular weight is 216 g/mol. The zero-order valence-electron chi connectivity index (χ0n) is 10.1. The Hall–Kier alpha value is 0.270. The molecule has 1 rings (SSSR count). The standard InChI is InChI=1S/C11H24N2S/c1-11(2,3)8-13(4)9-6-12-7-10(9)14-5/h9-10,12H,6-8H2,1-5H3. The minimum absolute atomic E-state index is 0.403. The van der Waals surface area contributed by atoms with Crippen LogP contribution in [0.15, 0.2) is 0 Å². The van der Waals surface area contributed by atoms with Crippen molar-refractivity contribution in [3.05, 3.63) is 0 Å². The lowest BCUT2D eigenvalue weighted by molar-refractivity contribution is 0.183. The van der Waals surface area contributed by atoms with Crippen LogP contribution in [0.1, 0.15) is 20.8 Å². The Labute approximate surface area is 92.8 Å². The molecule has 0 radical (unpaired) electrons. The van der Waals surface area contributed by atoms with E-state index >= 15 is 0 Å². The second kappa shape index (κ2) is 4.86. The Morgan fingerprint density at radius 2 is 2.00 bits per heavy atom. The number of likely N-dealkylation sites (N-methyl/N-ethyl adjacent to an activating group) is 1. The number of hydrogen-bond acceptors (Lipinski definition) is 3. The van der Waals surface area contributed by atoms with Gasteiger partial charge in [-0.1, -0.05) is 20.8 Å². The zero-order chi connectivity index (χ0) is 10.8. The molecule has 1 saturated heterocycles. The summed E-state index contributed by atoms with van der Waals surface area (Å²) in [5.41, 5.74) is 0.403. The van der Waals surface area contributed by atoms with Crippen LogP contribution in [-0.4, -0.2) is 49.1 Å². The monoisotopic (exact) mass is 216 g/mol. The molecular formula is C11H24N2S. The van der Waals surface area contributed by atoms with Gasteiger partial charge in [0.2, 0.25) is 0 Å². The fraction of sp³-hybridized carbons (Fsp3) is 1.00. The first kappa shape index (κ1) is 12.3. The maximum absolute atomic E-state index is 3.48. The van der Waals surface area contributed by atoms with Crippen molar-refractivity contribution in [2.75, 3.05) is 32.9 Å². The number of nitrogens with zero attached hydrogens (tertiary/aromatic N) is 1. The quantitative estimate of drug-likeness (QED) is 0.772. The van der Waals surface area contributed by atoms with Crippen LogP contribution in [0.4, 0.5) is 0 Å². The molecule has 0 spiro atoms. The third-order valence-corrected chi connectivity index (χ3v) is 3.81. The Bertz CT molecular complexity index is 177. The summed E-state index contributed by atoms with van der Waals surface area (Å²) in [6.45, 7) is 10.4. The highest BCUT2D eigenvalue weighted by molar-refractivity contribution is 7.99. The van der Waals surface area contributed by atoms with Gasteiger partial charge in [0, 0.05) is 30.9 Å². The second-order valence-electron chi connectivity index (χ2n) is 5.48. The van der Waals surface area contributed by atoms with Gasteiger partial charge >= 0.3 is 0 Å². The molecule has 0 amide bonds. The lowest BCUT2D eigenvalue weighted by Crippen LogP contribution is -2.43. The molecule has 2 nitrogen and oxygen atoms in total. The first-order valence-electron chi connectivity index (χ1n) is 5.38. The summed E-state index contributed by atoms with van der Waals surface area (Å²) in [6.07, 6.45) is 2.22. The van der Waals surface area contributed by atoms with Crippen molar-refractivity contribution < 1.29 is 0 Å². The van der Waals surface area contributed by atoms with Gasteiger partial charge in [-0.05, 0) is 18.7 Å². The number of rotatable bonds is 3. The Morgan fingerprint density at radius 3 is 2.50 bits per heavy atom. The van der Waals surface area contributed by atoms with Crippen LogP contribution in [-0.2, 0) is 0 Å². The maximum atomic E-state index is 3.48. The molecule has 0 aromatic rings. The summed E-state index contributed by atoms with van der Waals surface area (Å²) in [6, 6.07) is 0.712. The van der Waals surface area contributed by atoms with E-state index in [0.29, 0.717) is 11.5 Å². The zero-order valence-corrected chi connectivity index (χ0v) is 10.9. The first-order chi connectivity index (χ1) is 6.44. The van der Waals surface area contributed by atoms with Gasteiger partial charge < -0.3 is 10.2 Å². The minimum atomic E-state index is 0.403. The topological polar surface area (TPSA) is 15.3 Å². The van der Waals surface area contributed by atoms with E-state index < -0.39 is 0 Å². The van der Waals surface area contributed by atoms with Gasteiger partial charge in [0.25, 0.3) is 0 Å². The molecule has 0 aromatic heterocycles. The second-order valence-corrected chi connectivity index (χ2v) is 6.55. The van der Waals surface area contributed by atoms with E-state index in [1.165, 1.54) is 13.1 Å². The Balaban J connectivity index is 2.47. The first-order valence-corrected chi connectivity index (χ1v) is 6.66. The van der Waals surface area contributed by atoms with Crippen LogP contribution in [0, 0.1) is 5.41 Å². The summed E-state index contributed by atoms with van der Waals surface area (Å²) < 4.78 is 0. The molecule has 0 aliphatic carbocycles. The highest BCUT2D eigenvalue weighted by atomic mass is 32.2. The van der Waals surface area contributed by atoms with Crippen molar-refractivity contribution in [2.45, 2.75) is 32.1 Å². The number of thioether (sulfide) groups is 1.